The minimum Gasteiger partial charge on any atom is -0.480 e. The Balaban J connectivity index is 3.25. The molecule has 20 heavy (non-hydrogen) atoms. The third-order valence-electron chi connectivity index (χ3n) is 3.28. The number of nitrogens with one attached hydrogen (secondary N) is 1. The van der Waals surface area contributed by atoms with Gasteiger partial charge in [-0.3, -0.25) is 0 Å². The Morgan fingerprint density at radius 1 is 1.30 bits per heavy atom. The van der Waals surface area contributed by atoms with Crippen molar-refractivity contribution in [2.75, 3.05) is 11.1 Å². The van der Waals surface area contributed by atoms with Crippen molar-refractivity contribution in [2.45, 2.75) is 44.0 Å². The second kappa shape index (κ2) is 6.26. The van der Waals surface area contributed by atoms with E-state index >= 15 is 0 Å². The number of carbonyl (C=O) groups is 1. The highest BCUT2D eigenvalue weighted by atomic mass is 32.2. The van der Waals surface area contributed by atoms with Crippen LogP contribution in [0, 0.1) is 0 Å². The van der Waals surface area contributed by atoms with Gasteiger partial charge in [-0.05, 0) is 31.9 Å². The Bertz CT molecular complexity index is 583. The van der Waals surface area contributed by atoms with Crippen molar-refractivity contribution >= 4 is 21.5 Å². The number of carboxylic acid groups (broad SMARTS) is 1. The summed E-state index contributed by atoms with van der Waals surface area (Å²) in [5, 5.41) is 12.1. The Morgan fingerprint density at radius 2 is 1.90 bits per heavy atom. The number of hydrogen-bond donors (Lipinski definition) is 2. The molecule has 0 aliphatic carbocycles. The van der Waals surface area contributed by atoms with E-state index in [9.17, 15) is 18.3 Å². The molecule has 0 aliphatic heterocycles. The first-order chi connectivity index (χ1) is 9.27. The van der Waals surface area contributed by atoms with E-state index in [4.69, 9.17) is 0 Å². The summed E-state index contributed by atoms with van der Waals surface area (Å²) >= 11 is 0. The topological polar surface area (TPSA) is 83.5 Å². The first-order valence-corrected chi connectivity index (χ1v) is 8.25. The van der Waals surface area contributed by atoms with Crippen molar-refractivity contribution in [3.63, 3.8) is 0 Å². The molecule has 0 radical (unpaired) electrons. The summed E-state index contributed by atoms with van der Waals surface area (Å²) in [4.78, 5) is 11.5. The zero-order valence-electron chi connectivity index (χ0n) is 12.0. The maximum absolute atomic E-state index is 12.2. The van der Waals surface area contributed by atoms with Gasteiger partial charge in [0.25, 0.3) is 0 Å². The molecule has 1 aromatic rings. The van der Waals surface area contributed by atoms with Gasteiger partial charge in [0.1, 0.15) is 5.54 Å². The van der Waals surface area contributed by atoms with E-state index in [1.165, 1.54) is 6.07 Å². The molecule has 1 rings (SSSR count). The van der Waals surface area contributed by atoms with Gasteiger partial charge in [-0.25, -0.2) is 13.2 Å². The van der Waals surface area contributed by atoms with Crippen LogP contribution >= 0.6 is 0 Å². The van der Waals surface area contributed by atoms with Gasteiger partial charge in [0.15, 0.2) is 9.84 Å². The lowest BCUT2D eigenvalue weighted by molar-refractivity contribution is -0.141. The molecule has 112 valence electrons. The van der Waals surface area contributed by atoms with Crippen LogP contribution in [-0.2, 0) is 14.6 Å². The molecule has 1 atom stereocenters. The summed E-state index contributed by atoms with van der Waals surface area (Å²) in [6.07, 6.45) is 0.852. The van der Waals surface area contributed by atoms with Crippen LogP contribution in [0.15, 0.2) is 29.2 Å². The Kier molecular flexibility index (Phi) is 5.16. The SMILES string of the molecule is CCCS(=O)(=O)c1ccccc1NC(C)(CC)C(=O)O. The molecule has 0 bridgehead atoms. The van der Waals surface area contributed by atoms with Gasteiger partial charge in [0, 0.05) is 0 Å². The molecule has 6 heteroatoms. The van der Waals surface area contributed by atoms with Gasteiger partial charge in [-0.15, -0.1) is 0 Å². The largest absolute Gasteiger partial charge is 0.480 e. The number of hydrogen-bond acceptors (Lipinski definition) is 4. The van der Waals surface area contributed by atoms with E-state index in [0.29, 0.717) is 18.5 Å². The van der Waals surface area contributed by atoms with Gasteiger partial charge >= 0.3 is 5.97 Å². The van der Waals surface area contributed by atoms with E-state index in [2.05, 4.69) is 5.32 Å². The van der Waals surface area contributed by atoms with Gasteiger partial charge in [0.05, 0.1) is 16.3 Å². The van der Waals surface area contributed by atoms with Gasteiger partial charge in [-0.1, -0.05) is 26.0 Å². The maximum Gasteiger partial charge on any atom is 0.329 e. The monoisotopic (exact) mass is 299 g/mol. The summed E-state index contributed by atoms with van der Waals surface area (Å²) in [5.41, 5.74) is -0.856. The van der Waals surface area contributed by atoms with E-state index in [-0.39, 0.29) is 10.6 Å². The van der Waals surface area contributed by atoms with Gasteiger partial charge in [0.2, 0.25) is 0 Å². The van der Waals surface area contributed by atoms with Crippen LogP contribution in [0.1, 0.15) is 33.6 Å². The van der Waals surface area contributed by atoms with E-state index in [0.717, 1.165) is 0 Å². The van der Waals surface area contributed by atoms with Gasteiger partial charge in [-0.2, -0.15) is 0 Å². The molecule has 5 nitrogen and oxygen atoms in total. The van der Waals surface area contributed by atoms with Crippen LogP contribution in [0.2, 0.25) is 0 Å². The molecule has 0 aromatic heterocycles. The number of carboxylic acids is 1. The number of para-hydroxylation sites is 1. The molecule has 2 N–H and O–H groups in total. The number of rotatable bonds is 7. The molecular formula is C14H21NO4S. The molecule has 0 aliphatic rings. The summed E-state index contributed by atoms with van der Waals surface area (Å²) in [6.45, 7) is 5.07. The minimum atomic E-state index is -3.40. The summed E-state index contributed by atoms with van der Waals surface area (Å²) in [6, 6.07) is 6.42. The molecular weight excluding hydrogens is 278 g/mol. The standard InChI is InChI=1S/C14H21NO4S/c1-4-10-20(18,19)12-9-7-6-8-11(12)15-14(3,5-2)13(16)17/h6-9,15H,4-5,10H2,1-3H3,(H,16,17). The fraction of sp³-hybridized carbons (Fsp3) is 0.500. The van der Waals surface area contributed by atoms with Crippen LogP contribution in [0.25, 0.3) is 0 Å². The van der Waals surface area contributed by atoms with Crippen LogP contribution in [0.3, 0.4) is 0 Å². The lowest BCUT2D eigenvalue weighted by Gasteiger charge is -2.27. The molecule has 0 spiro atoms. The number of anilines is 1. The Labute approximate surface area is 119 Å². The van der Waals surface area contributed by atoms with E-state index < -0.39 is 21.3 Å². The normalized spacial score (nSPS) is 14.6. The third-order valence-corrected chi connectivity index (χ3v) is 5.26. The molecule has 0 heterocycles. The highest BCUT2D eigenvalue weighted by molar-refractivity contribution is 7.91. The first-order valence-electron chi connectivity index (χ1n) is 6.60. The summed E-state index contributed by atoms with van der Waals surface area (Å²) in [5.74, 6) is -0.968. The lowest BCUT2D eigenvalue weighted by Crippen LogP contribution is -2.43. The van der Waals surface area contributed by atoms with Crippen molar-refractivity contribution < 1.29 is 18.3 Å². The quantitative estimate of drug-likeness (QED) is 0.808. The predicted molar refractivity (Wildman–Crippen MR) is 78.7 cm³/mol. The highest BCUT2D eigenvalue weighted by Gasteiger charge is 2.32. The fourth-order valence-corrected chi connectivity index (χ4v) is 3.31. The third kappa shape index (κ3) is 3.50. The molecule has 1 unspecified atom stereocenters. The van der Waals surface area contributed by atoms with Crippen LogP contribution < -0.4 is 5.32 Å². The Morgan fingerprint density at radius 3 is 2.40 bits per heavy atom. The average molecular weight is 299 g/mol. The average Bonchev–Trinajstić information content (AvgIpc) is 2.38. The second-order valence-electron chi connectivity index (χ2n) is 4.93. The maximum atomic E-state index is 12.2. The van der Waals surface area contributed by atoms with Crippen LogP contribution in [0.5, 0.6) is 0 Å². The van der Waals surface area contributed by atoms with Crippen molar-refractivity contribution in [1.29, 1.82) is 0 Å². The van der Waals surface area contributed by atoms with Crippen molar-refractivity contribution in [3.05, 3.63) is 24.3 Å². The molecule has 0 fully saturated rings. The van der Waals surface area contributed by atoms with Gasteiger partial charge < -0.3 is 10.4 Å². The summed E-state index contributed by atoms with van der Waals surface area (Å²) in [7, 11) is -3.40. The smallest absolute Gasteiger partial charge is 0.329 e. The fourth-order valence-electron chi connectivity index (χ4n) is 1.81. The second-order valence-corrected chi connectivity index (χ2v) is 7.01. The molecule has 0 saturated carbocycles. The number of benzene rings is 1. The van der Waals surface area contributed by atoms with Crippen LogP contribution in [0.4, 0.5) is 5.69 Å². The molecule has 1 aromatic carbocycles. The predicted octanol–water partition coefficient (Wildman–Crippen LogP) is 2.54. The van der Waals surface area contributed by atoms with E-state index in [1.807, 2.05) is 0 Å². The van der Waals surface area contributed by atoms with Crippen molar-refractivity contribution in [2.24, 2.45) is 0 Å². The zero-order valence-corrected chi connectivity index (χ0v) is 12.8. The van der Waals surface area contributed by atoms with Crippen molar-refractivity contribution in [3.8, 4) is 0 Å². The summed E-state index contributed by atoms with van der Waals surface area (Å²) < 4.78 is 24.4. The lowest BCUT2D eigenvalue weighted by atomic mass is 9.99. The highest BCUT2D eigenvalue weighted by Crippen LogP contribution is 2.27. The first kappa shape index (κ1) is 16.5. The zero-order chi connectivity index (χ0) is 15.4. The number of sulfone groups is 1. The number of aliphatic carboxylic acids is 1. The van der Waals surface area contributed by atoms with Crippen molar-refractivity contribution in [1.82, 2.24) is 0 Å². The van der Waals surface area contributed by atoms with E-state index in [1.54, 1.807) is 39.0 Å². The minimum absolute atomic E-state index is 0.0433. The van der Waals surface area contributed by atoms with Crippen LogP contribution in [-0.4, -0.2) is 30.8 Å². The Hall–Kier alpha value is -1.56. The molecule has 0 amide bonds. The molecule has 0 saturated heterocycles.